The molecule has 0 atom stereocenters. The number of aryl methyl sites for hydroxylation is 1. The summed E-state index contributed by atoms with van der Waals surface area (Å²) in [6.07, 6.45) is 6.21. The van der Waals surface area contributed by atoms with E-state index in [-0.39, 0.29) is 17.6 Å². The van der Waals surface area contributed by atoms with Crippen LogP contribution in [-0.4, -0.2) is 4.57 Å². The molecule has 0 N–H and O–H groups in total. The smallest absolute Gasteiger partial charge is 0.123 e. The Balaban J connectivity index is 1.51. The Hall–Kier alpha value is -2.94. The third kappa shape index (κ3) is 4.08. The summed E-state index contributed by atoms with van der Waals surface area (Å²) in [5.74, 6) is -0.359. The van der Waals surface area contributed by atoms with Crippen LogP contribution in [0.5, 0.6) is 0 Å². The van der Waals surface area contributed by atoms with Gasteiger partial charge in [0.05, 0.1) is 0 Å². The molecular formula is C24H21F2N. The molecule has 0 amide bonds. The average molecular weight is 361 g/mol. The lowest BCUT2D eigenvalue weighted by Gasteiger charge is -2.18. The van der Waals surface area contributed by atoms with Crippen molar-refractivity contribution in [3.05, 3.63) is 108 Å². The lowest BCUT2D eigenvalue weighted by Crippen LogP contribution is -2.04. The van der Waals surface area contributed by atoms with Crippen LogP contribution in [0.1, 0.15) is 29.9 Å². The lowest BCUT2D eigenvalue weighted by molar-refractivity contribution is 0.576. The highest BCUT2D eigenvalue weighted by atomic mass is 19.1. The lowest BCUT2D eigenvalue weighted by atomic mass is 9.87. The minimum Gasteiger partial charge on any atom is -0.353 e. The van der Waals surface area contributed by atoms with Crippen molar-refractivity contribution in [2.24, 2.45) is 0 Å². The molecule has 0 aliphatic rings. The molecule has 4 rings (SSSR count). The van der Waals surface area contributed by atoms with Crippen LogP contribution in [0.15, 0.2) is 85.2 Å². The summed E-state index contributed by atoms with van der Waals surface area (Å²) >= 11 is 0. The van der Waals surface area contributed by atoms with Gasteiger partial charge in [0.2, 0.25) is 0 Å². The van der Waals surface area contributed by atoms with Gasteiger partial charge in [0, 0.05) is 24.9 Å². The maximum Gasteiger partial charge on any atom is 0.123 e. The molecule has 3 aromatic carbocycles. The Morgan fingerprint density at radius 1 is 0.667 bits per heavy atom. The van der Waals surface area contributed by atoms with E-state index < -0.39 is 0 Å². The second-order valence-electron chi connectivity index (χ2n) is 6.92. The van der Waals surface area contributed by atoms with Gasteiger partial charge in [0.15, 0.2) is 0 Å². The number of hydrogen-bond donors (Lipinski definition) is 0. The molecule has 0 aliphatic carbocycles. The zero-order chi connectivity index (χ0) is 18.6. The number of halogens is 2. The second-order valence-corrected chi connectivity index (χ2v) is 6.92. The van der Waals surface area contributed by atoms with Crippen LogP contribution < -0.4 is 0 Å². The Kier molecular flexibility index (Phi) is 5.01. The fourth-order valence-electron chi connectivity index (χ4n) is 3.66. The number of benzene rings is 3. The number of hydrogen-bond acceptors (Lipinski definition) is 0. The van der Waals surface area contributed by atoms with Crippen molar-refractivity contribution in [3.63, 3.8) is 0 Å². The molecule has 27 heavy (non-hydrogen) atoms. The molecule has 1 heterocycles. The van der Waals surface area contributed by atoms with E-state index in [1.807, 2.05) is 36.4 Å². The molecule has 0 spiro atoms. The molecular weight excluding hydrogens is 340 g/mol. The van der Waals surface area contributed by atoms with Crippen LogP contribution in [-0.2, 0) is 6.54 Å². The summed E-state index contributed by atoms with van der Waals surface area (Å²) in [6, 6.07) is 21.6. The van der Waals surface area contributed by atoms with Crippen molar-refractivity contribution in [3.8, 4) is 0 Å². The Morgan fingerprint density at radius 2 is 1.15 bits per heavy atom. The number of aromatic nitrogens is 1. The van der Waals surface area contributed by atoms with Crippen LogP contribution in [0.4, 0.5) is 8.78 Å². The maximum absolute atomic E-state index is 13.3. The van der Waals surface area contributed by atoms with Crippen LogP contribution in [0.25, 0.3) is 10.8 Å². The van der Waals surface area contributed by atoms with Gasteiger partial charge < -0.3 is 4.57 Å². The van der Waals surface area contributed by atoms with E-state index in [0.717, 1.165) is 30.5 Å². The molecule has 1 nitrogen and oxygen atoms in total. The molecule has 0 fully saturated rings. The molecule has 136 valence electrons. The van der Waals surface area contributed by atoms with Gasteiger partial charge in [-0.15, -0.1) is 0 Å². The first kappa shape index (κ1) is 17.5. The van der Waals surface area contributed by atoms with Crippen molar-refractivity contribution in [1.82, 2.24) is 4.57 Å². The van der Waals surface area contributed by atoms with Crippen LogP contribution in [0.2, 0.25) is 0 Å². The molecule has 0 saturated heterocycles. The van der Waals surface area contributed by atoms with Gasteiger partial charge >= 0.3 is 0 Å². The van der Waals surface area contributed by atoms with E-state index in [4.69, 9.17) is 0 Å². The van der Waals surface area contributed by atoms with Gasteiger partial charge in [0.1, 0.15) is 11.6 Å². The van der Waals surface area contributed by atoms with E-state index in [1.165, 1.54) is 35.0 Å². The number of nitrogens with zero attached hydrogens (tertiary/aromatic N) is 1. The highest BCUT2D eigenvalue weighted by Gasteiger charge is 2.14. The van der Waals surface area contributed by atoms with E-state index in [9.17, 15) is 8.78 Å². The first-order valence-corrected chi connectivity index (χ1v) is 9.24. The molecule has 3 heteroatoms. The van der Waals surface area contributed by atoms with Crippen molar-refractivity contribution in [2.75, 3.05) is 0 Å². The van der Waals surface area contributed by atoms with Crippen LogP contribution in [0, 0.1) is 11.6 Å². The summed E-state index contributed by atoms with van der Waals surface area (Å²) in [7, 11) is 0. The standard InChI is InChI=1S/C24H21F2N/c25-22-11-7-18(8-12-22)24(19-9-13-23(26)14-10-19)6-3-15-27-16-20-4-1-2-5-21(20)17-27/h1-2,4-5,7-14,16-17,24H,3,6,15H2. The Bertz CT molecular complexity index is 938. The maximum atomic E-state index is 13.3. The molecule has 4 aromatic rings. The average Bonchev–Trinajstić information content (AvgIpc) is 3.10. The summed E-state index contributed by atoms with van der Waals surface area (Å²) in [6.45, 7) is 0.910. The number of fused-ring (bicyclic) bond motifs is 1. The van der Waals surface area contributed by atoms with Gasteiger partial charge in [-0.05, 0) is 59.0 Å². The summed E-state index contributed by atoms with van der Waals surface area (Å²) in [5.41, 5.74) is 2.11. The van der Waals surface area contributed by atoms with Crippen molar-refractivity contribution >= 4 is 10.8 Å². The highest BCUT2D eigenvalue weighted by molar-refractivity contribution is 5.82. The SMILES string of the molecule is Fc1ccc(C(CCCn2cc3ccccc3c2)c2ccc(F)cc2)cc1. The van der Waals surface area contributed by atoms with Crippen molar-refractivity contribution in [2.45, 2.75) is 25.3 Å². The third-order valence-electron chi connectivity index (χ3n) is 5.06. The minimum absolute atomic E-state index is 0.121. The summed E-state index contributed by atoms with van der Waals surface area (Å²) < 4.78 is 28.9. The fraction of sp³-hybridized carbons (Fsp3) is 0.167. The fourth-order valence-corrected chi connectivity index (χ4v) is 3.66. The minimum atomic E-state index is -0.240. The Labute approximate surface area is 157 Å². The quantitative estimate of drug-likeness (QED) is 0.368. The highest BCUT2D eigenvalue weighted by Crippen LogP contribution is 2.30. The van der Waals surface area contributed by atoms with Crippen LogP contribution >= 0.6 is 0 Å². The molecule has 0 unspecified atom stereocenters. The van der Waals surface area contributed by atoms with Gasteiger partial charge in [-0.1, -0.05) is 48.5 Å². The molecule has 1 aromatic heterocycles. The largest absolute Gasteiger partial charge is 0.353 e. The van der Waals surface area contributed by atoms with E-state index in [2.05, 4.69) is 29.1 Å². The molecule has 0 saturated carbocycles. The first-order chi connectivity index (χ1) is 13.2. The van der Waals surface area contributed by atoms with Crippen LogP contribution in [0.3, 0.4) is 0 Å². The topological polar surface area (TPSA) is 4.93 Å². The van der Waals surface area contributed by atoms with E-state index in [1.54, 1.807) is 0 Å². The first-order valence-electron chi connectivity index (χ1n) is 9.24. The summed E-state index contributed by atoms with van der Waals surface area (Å²) in [4.78, 5) is 0. The third-order valence-corrected chi connectivity index (χ3v) is 5.06. The van der Waals surface area contributed by atoms with E-state index in [0.29, 0.717) is 0 Å². The zero-order valence-electron chi connectivity index (χ0n) is 15.0. The Morgan fingerprint density at radius 3 is 1.63 bits per heavy atom. The zero-order valence-corrected chi connectivity index (χ0v) is 15.0. The van der Waals surface area contributed by atoms with E-state index >= 15 is 0 Å². The van der Waals surface area contributed by atoms with Gasteiger partial charge in [0.25, 0.3) is 0 Å². The van der Waals surface area contributed by atoms with Crippen molar-refractivity contribution < 1.29 is 8.78 Å². The molecule has 0 aliphatic heterocycles. The van der Waals surface area contributed by atoms with Gasteiger partial charge in [-0.25, -0.2) is 8.78 Å². The predicted molar refractivity (Wildman–Crippen MR) is 106 cm³/mol. The normalized spacial score (nSPS) is 11.4. The summed E-state index contributed by atoms with van der Waals surface area (Å²) in [5, 5.41) is 2.48. The number of rotatable bonds is 6. The molecule has 0 bridgehead atoms. The molecule has 0 radical (unpaired) electrons. The van der Waals surface area contributed by atoms with Gasteiger partial charge in [-0.2, -0.15) is 0 Å². The van der Waals surface area contributed by atoms with Crippen molar-refractivity contribution in [1.29, 1.82) is 0 Å². The second kappa shape index (κ2) is 7.75. The predicted octanol–water partition coefficient (Wildman–Crippen LogP) is 6.53. The monoisotopic (exact) mass is 361 g/mol. The van der Waals surface area contributed by atoms with Gasteiger partial charge in [-0.3, -0.25) is 0 Å².